The number of phenols is 1. The zero-order valence-corrected chi connectivity index (χ0v) is 19.6. The highest BCUT2D eigenvalue weighted by atomic mass is 35.5. The van der Waals surface area contributed by atoms with Crippen LogP contribution in [0.4, 0.5) is 5.69 Å². The van der Waals surface area contributed by atoms with E-state index in [9.17, 15) is 9.90 Å². The van der Waals surface area contributed by atoms with Crippen molar-refractivity contribution < 1.29 is 14.4 Å². The summed E-state index contributed by atoms with van der Waals surface area (Å²) in [7, 11) is 0. The molecule has 0 spiro atoms. The fourth-order valence-electron chi connectivity index (χ4n) is 3.94. The summed E-state index contributed by atoms with van der Waals surface area (Å²) in [6.45, 7) is 7.84. The van der Waals surface area contributed by atoms with Gasteiger partial charge in [0.15, 0.2) is 5.76 Å². The Morgan fingerprint density at radius 3 is 2.53 bits per heavy atom. The van der Waals surface area contributed by atoms with Crippen molar-refractivity contribution in [1.82, 2.24) is 5.16 Å². The number of aliphatic imine (C=N–C) groups is 1. The molecule has 2 heterocycles. The second-order valence-corrected chi connectivity index (χ2v) is 8.27. The van der Waals surface area contributed by atoms with Gasteiger partial charge in [0, 0.05) is 21.8 Å². The number of aromatic nitrogens is 1. The van der Waals surface area contributed by atoms with Crippen LogP contribution in [0.1, 0.15) is 42.0 Å². The van der Waals surface area contributed by atoms with Gasteiger partial charge in [-0.1, -0.05) is 53.7 Å². The summed E-state index contributed by atoms with van der Waals surface area (Å²) < 4.78 is 5.73. The van der Waals surface area contributed by atoms with Crippen molar-refractivity contribution in [2.75, 3.05) is 5.32 Å². The van der Waals surface area contributed by atoms with Crippen molar-refractivity contribution in [3.05, 3.63) is 107 Å². The molecule has 34 heavy (non-hydrogen) atoms. The summed E-state index contributed by atoms with van der Waals surface area (Å²) in [5.41, 5.74) is 5.32. The van der Waals surface area contributed by atoms with Gasteiger partial charge in [-0.3, -0.25) is 9.79 Å². The summed E-state index contributed by atoms with van der Waals surface area (Å²) in [5.74, 6) is 0.402. The van der Waals surface area contributed by atoms with E-state index in [1.807, 2.05) is 38.1 Å². The van der Waals surface area contributed by atoms with E-state index < -0.39 is 6.04 Å². The van der Waals surface area contributed by atoms with Crippen molar-refractivity contribution in [1.29, 1.82) is 0 Å². The Balaban J connectivity index is 1.81. The summed E-state index contributed by atoms with van der Waals surface area (Å²) in [6.07, 6.45) is 5.71. The number of hydrogen-bond donors (Lipinski definition) is 2. The zero-order valence-electron chi connectivity index (χ0n) is 18.9. The first-order valence-electron chi connectivity index (χ1n) is 10.8. The van der Waals surface area contributed by atoms with E-state index in [2.05, 4.69) is 17.1 Å². The van der Waals surface area contributed by atoms with Gasteiger partial charge in [-0.05, 0) is 55.8 Å². The van der Waals surface area contributed by atoms with E-state index in [1.165, 1.54) is 12.1 Å². The van der Waals surface area contributed by atoms with E-state index in [0.717, 1.165) is 22.3 Å². The highest BCUT2D eigenvalue weighted by Crippen LogP contribution is 2.39. The first-order valence-corrected chi connectivity index (χ1v) is 11.2. The van der Waals surface area contributed by atoms with Crippen molar-refractivity contribution in [2.45, 2.75) is 26.3 Å². The zero-order chi connectivity index (χ0) is 24.2. The van der Waals surface area contributed by atoms with Gasteiger partial charge in [0.1, 0.15) is 11.8 Å². The number of benzene rings is 2. The average Bonchev–Trinajstić information content (AvgIpc) is 3.14. The van der Waals surface area contributed by atoms with Crippen LogP contribution in [0.5, 0.6) is 5.75 Å². The third kappa shape index (κ3) is 4.72. The van der Waals surface area contributed by atoms with Gasteiger partial charge >= 0.3 is 0 Å². The number of carbonyl (C=O) groups excluding carboxylic acids is 1. The summed E-state index contributed by atoms with van der Waals surface area (Å²) >= 11 is 6.12. The first kappa shape index (κ1) is 23.3. The molecule has 0 fully saturated rings. The van der Waals surface area contributed by atoms with Crippen LogP contribution in [0.15, 0.2) is 88.4 Å². The Morgan fingerprint density at radius 2 is 1.88 bits per heavy atom. The number of anilines is 1. The lowest BCUT2D eigenvalue weighted by Gasteiger charge is -2.13. The highest BCUT2D eigenvalue weighted by Gasteiger charge is 2.31. The normalized spacial score (nSPS) is 15.6. The molecule has 6 nitrogen and oxygen atoms in total. The third-order valence-electron chi connectivity index (χ3n) is 5.48. The lowest BCUT2D eigenvalue weighted by Crippen LogP contribution is -2.16. The molecular formula is C27H24ClN3O3. The number of amides is 1. The Bertz CT molecular complexity index is 1320. The van der Waals surface area contributed by atoms with Crippen molar-refractivity contribution in [3.63, 3.8) is 0 Å². The van der Waals surface area contributed by atoms with Gasteiger partial charge < -0.3 is 14.9 Å². The predicted octanol–water partition coefficient (Wildman–Crippen LogP) is 6.43. The number of nitrogens with one attached hydrogen (secondary N) is 1. The Morgan fingerprint density at radius 1 is 1.18 bits per heavy atom. The van der Waals surface area contributed by atoms with Crippen LogP contribution in [0.3, 0.4) is 0 Å². The summed E-state index contributed by atoms with van der Waals surface area (Å²) in [5, 5.41) is 17.1. The fraction of sp³-hybridized carbons (Fsp3) is 0.148. The van der Waals surface area contributed by atoms with Crippen molar-refractivity contribution in [2.24, 2.45) is 4.99 Å². The van der Waals surface area contributed by atoms with Gasteiger partial charge in [0.25, 0.3) is 0 Å². The van der Waals surface area contributed by atoms with Gasteiger partial charge in [-0.2, -0.15) is 0 Å². The van der Waals surface area contributed by atoms with E-state index in [4.69, 9.17) is 21.1 Å². The molecule has 4 rings (SSSR count). The van der Waals surface area contributed by atoms with Crippen molar-refractivity contribution >= 4 is 34.5 Å². The largest absolute Gasteiger partial charge is 0.508 e. The molecule has 1 aromatic heterocycles. The van der Waals surface area contributed by atoms with Gasteiger partial charge in [-0.25, -0.2) is 0 Å². The standard InChI is InChI=1S/C27H24ClN3O3/c1-4-6-22-21(5-2)26(17-7-9-18(28)10-8-17)30-23(27-25(22)16(3)31-34-27)15-24(33)29-19-11-13-20(32)14-12-19/h4-14,23,32H,2,15H2,1,3H3,(H,29,33)/b6-4-/t23-/m0/s1. The SMILES string of the molecule is C=CC1=C(/C=C\C)c2c(C)noc2[C@H](CC(=O)Nc2ccc(O)cc2)N=C1c1ccc(Cl)cc1. The number of aryl methyl sites for hydroxylation is 1. The quantitative estimate of drug-likeness (QED) is 0.404. The molecule has 2 N–H and O–H groups in total. The fourth-order valence-corrected chi connectivity index (χ4v) is 4.07. The van der Waals surface area contributed by atoms with Crippen LogP contribution < -0.4 is 5.32 Å². The number of rotatable bonds is 6. The molecule has 1 atom stereocenters. The molecule has 0 bridgehead atoms. The molecule has 0 unspecified atom stereocenters. The number of nitrogens with zero attached hydrogens (tertiary/aromatic N) is 2. The smallest absolute Gasteiger partial charge is 0.227 e. The first-order chi connectivity index (χ1) is 16.4. The number of halogens is 1. The molecule has 0 aliphatic carbocycles. The number of phenolic OH excluding ortho intramolecular Hbond substituents is 1. The molecule has 2 aromatic carbocycles. The van der Waals surface area contributed by atoms with Crippen LogP contribution in [-0.2, 0) is 4.79 Å². The topological polar surface area (TPSA) is 87.7 Å². The molecule has 172 valence electrons. The second kappa shape index (κ2) is 9.93. The van der Waals surface area contributed by atoms with E-state index >= 15 is 0 Å². The van der Waals surface area contributed by atoms with Crippen LogP contribution in [0, 0.1) is 6.92 Å². The maximum Gasteiger partial charge on any atom is 0.227 e. The molecule has 1 aliphatic heterocycles. The maximum atomic E-state index is 13.0. The van der Waals surface area contributed by atoms with Crippen LogP contribution in [0.25, 0.3) is 5.57 Å². The maximum absolute atomic E-state index is 13.0. The van der Waals surface area contributed by atoms with Crippen LogP contribution in [0.2, 0.25) is 5.02 Å². The molecule has 3 aromatic rings. The molecule has 1 amide bonds. The Hall–Kier alpha value is -3.90. The average molecular weight is 474 g/mol. The second-order valence-electron chi connectivity index (χ2n) is 7.84. The van der Waals surface area contributed by atoms with Crippen LogP contribution >= 0.6 is 11.6 Å². The summed E-state index contributed by atoms with van der Waals surface area (Å²) in [6, 6.07) is 13.1. The minimum atomic E-state index is -0.614. The number of carbonyl (C=O) groups is 1. The number of hydrogen-bond acceptors (Lipinski definition) is 5. The van der Waals surface area contributed by atoms with Gasteiger partial charge in [0.05, 0.1) is 23.4 Å². The van der Waals surface area contributed by atoms with Gasteiger partial charge in [0.2, 0.25) is 5.91 Å². The highest BCUT2D eigenvalue weighted by molar-refractivity contribution is 6.31. The number of fused-ring (bicyclic) bond motifs is 1. The molecule has 0 saturated heterocycles. The van der Waals surface area contributed by atoms with Gasteiger partial charge in [-0.15, -0.1) is 0 Å². The molecular weight excluding hydrogens is 450 g/mol. The Labute approximate surface area is 203 Å². The Kier molecular flexibility index (Phi) is 6.80. The minimum absolute atomic E-state index is 0.0349. The van der Waals surface area contributed by atoms with E-state index in [1.54, 1.807) is 30.3 Å². The van der Waals surface area contributed by atoms with E-state index in [-0.39, 0.29) is 18.1 Å². The summed E-state index contributed by atoms with van der Waals surface area (Å²) in [4.78, 5) is 18.0. The van der Waals surface area contributed by atoms with Crippen molar-refractivity contribution in [3.8, 4) is 5.75 Å². The lowest BCUT2D eigenvalue weighted by molar-refractivity contribution is -0.116. The minimum Gasteiger partial charge on any atom is -0.508 e. The monoisotopic (exact) mass is 473 g/mol. The number of allylic oxidation sites excluding steroid dienone is 5. The molecule has 0 saturated carbocycles. The lowest BCUT2D eigenvalue weighted by atomic mass is 9.92. The van der Waals surface area contributed by atoms with E-state index in [0.29, 0.717) is 27.9 Å². The molecule has 0 radical (unpaired) electrons. The van der Waals surface area contributed by atoms with Crippen LogP contribution in [-0.4, -0.2) is 21.9 Å². The number of aromatic hydroxyl groups is 1. The molecule has 7 heteroatoms. The third-order valence-corrected chi connectivity index (χ3v) is 5.73. The molecule has 1 aliphatic rings. The predicted molar refractivity (Wildman–Crippen MR) is 135 cm³/mol.